The molecule has 130 valence electrons. The summed E-state index contributed by atoms with van der Waals surface area (Å²) in [6.45, 7) is 7.19. The number of nitrogens with one attached hydrogen (secondary N) is 1. The summed E-state index contributed by atoms with van der Waals surface area (Å²) in [6.07, 6.45) is 0.823. The molecule has 1 fully saturated rings. The SMILES string of the molecule is CCOCCCNC(=O)c1ccc2nc(N3CCOCC3)sc2c1. The van der Waals surface area contributed by atoms with Crippen molar-refractivity contribution in [2.45, 2.75) is 13.3 Å². The molecular weight excluding hydrogens is 326 g/mol. The third-order valence-electron chi connectivity index (χ3n) is 3.88. The number of aromatic nitrogens is 1. The molecule has 1 N–H and O–H groups in total. The lowest BCUT2D eigenvalue weighted by molar-refractivity contribution is 0.0944. The van der Waals surface area contributed by atoms with Crippen LogP contribution in [-0.2, 0) is 9.47 Å². The normalized spacial score (nSPS) is 15.0. The molecule has 1 aliphatic rings. The summed E-state index contributed by atoms with van der Waals surface area (Å²) in [6, 6.07) is 5.68. The summed E-state index contributed by atoms with van der Waals surface area (Å²) in [5.41, 5.74) is 1.62. The fourth-order valence-corrected chi connectivity index (χ4v) is 3.62. The van der Waals surface area contributed by atoms with Crippen LogP contribution in [-0.4, -0.2) is 57.0 Å². The third kappa shape index (κ3) is 4.23. The van der Waals surface area contributed by atoms with E-state index in [2.05, 4.69) is 15.2 Å². The molecule has 3 rings (SSSR count). The van der Waals surface area contributed by atoms with Gasteiger partial charge in [-0.25, -0.2) is 4.98 Å². The summed E-state index contributed by atoms with van der Waals surface area (Å²) in [7, 11) is 0. The van der Waals surface area contributed by atoms with Gasteiger partial charge in [0.25, 0.3) is 5.91 Å². The van der Waals surface area contributed by atoms with Crippen molar-refractivity contribution >= 4 is 32.6 Å². The number of morpholine rings is 1. The summed E-state index contributed by atoms with van der Waals surface area (Å²) < 4.78 is 11.7. The topological polar surface area (TPSA) is 63.7 Å². The second-order valence-corrected chi connectivity index (χ2v) is 6.59. The van der Waals surface area contributed by atoms with E-state index >= 15 is 0 Å². The minimum absolute atomic E-state index is 0.0466. The van der Waals surface area contributed by atoms with E-state index in [1.54, 1.807) is 11.3 Å². The van der Waals surface area contributed by atoms with Crippen LogP contribution < -0.4 is 10.2 Å². The number of ether oxygens (including phenoxy) is 2. The molecule has 1 aromatic heterocycles. The number of carbonyl (C=O) groups excluding carboxylic acids is 1. The zero-order valence-electron chi connectivity index (χ0n) is 13.9. The molecule has 2 heterocycles. The lowest BCUT2D eigenvalue weighted by Gasteiger charge is -2.25. The molecule has 0 spiro atoms. The summed E-state index contributed by atoms with van der Waals surface area (Å²) >= 11 is 1.63. The molecule has 0 unspecified atom stereocenters. The van der Waals surface area contributed by atoms with Gasteiger partial charge in [0.1, 0.15) is 0 Å². The van der Waals surface area contributed by atoms with Crippen molar-refractivity contribution in [3.63, 3.8) is 0 Å². The van der Waals surface area contributed by atoms with Gasteiger partial charge >= 0.3 is 0 Å². The minimum Gasteiger partial charge on any atom is -0.382 e. The Morgan fingerprint density at radius 3 is 3.04 bits per heavy atom. The van der Waals surface area contributed by atoms with Crippen LogP contribution in [0.1, 0.15) is 23.7 Å². The summed E-state index contributed by atoms with van der Waals surface area (Å²) in [5, 5.41) is 3.93. The van der Waals surface area contributed by atoms with Gasteiger partial charge in [-0.05, 0) is 31.5 Å². The van der Waals surface area contributed by atoms with Crippen LogP contribution >= 0.6 is 11.3 Å². The van der Waals surface area contributed by atoms with Gasteiger partial charge < -0.3 is 19.7 Å². The lowest BCUT2D eigenvalue weighted by Crippen LogP contribution is -2.36. The zero-order valence-corrected chi connectivity index (χ0v) is 14.7. The molecule has 1 saturated heterocycles. The van der Waals surface area contributed by atoms with Crippen LogP contribution in [0.3, 0.4) is 0 Å². The molecule has 0 aliphatic carbocycles. The van der Waals surface area contributed by atoms with E-state index in [0.29, 0.717) is 25.3 Å². The summed E-state index contributed by atoms with van der Waals surface area (Å²) in [5.74, 6) is -0.0466. The first-order valence-corrected chi connectivity index (χ1v) is 9.19. The molecule has 7 heteroatoms. The standard InChI is InChI=1S/C17H23N3O3S/c1-2-22-9-3-6-18-16(21)13-4-5-14-15(12-13)24-17(19-14)20-7-10-23-11-8-20/h4-5,12H,2-3,6-11H2,1H3,(H,18,21). The van der Waals surface area contributed by atoms with Crippen molar-refractivity contribution in [2.75, 3.05) is 51.0 Å². The highest BCUT2D eigenvalue weighted by Gasteiger charge is 2.16. The second-order valence-electron chi connectivity index (χ2n) is 5.58. The maximum atomic E-state index is 12.2. The van der Waals surface area contributed by atoms with Gasteiger partial charge in [0, 0.05) is 38.4 Å². The highest BCUT2D eigenvalue weighted by atomic mass is 32.1. The molecule has 24 heavy (non-hydrogen) atoms. The third-order valence-corrected chi connectivity index (χ3v) is 4.96. The van der Waals surface area contributed by atoms with Crippen molar-refractivity contribution in [2.24, 2.45) is 0 Å². The Morgan fingerprint density at radius 2 is 2.25 bits per heavy atom. The number of hydrogen-bond acceptors (Lipinski definition) is 6. The average molecular weight is 349 g/mol. The number of rotatable bonds is 7. The van der Waals surface area contributed by atoms with E-state index in [1.807, 2.05) is 25.1 Å². The Balaban J connectivity index is 1.63. The van der Waals surface area contributed by atoms with Crippen LogP contribution in [0.4, 0.5) is 5.13 Å². The van der Waals surface area contributed by atoms with Gasteiger partial charge in [0.15, 0.2) is 5.13 Å². The molecule has 2 aromatic rings. The van der Waals surface area contributed by atoms with Gasteiger partial charge in [-0.15, -0.1) is 0 Å². The number of benzene rings is 1. The minimum atomic E-state index is -0.0466. The van der Waals surface area contributed by atoms with E-state index in [-0.39, 0.29) is 5.91 Å². The number of amides is 1. The van der Waals surface area contributed by atoms with Crippen molar-refractivity contribution in [1.82, 2.24) is 10.3 Å². The lowest BCUT2D eigenvalue weighted by atomic mass is 10.2. The fraction of sp³-hybridized carbons (Fsp3) is 0.529. The second kappa shape index (κ2) is 8.41. The highest BCUT2D eigenvalue weighted by molar-refractivity contribution is 7.22. The predicted molar refractivity (Wildman–Crippen MR) is 96.1 cm³/mol. The Bertz CT molecular complexity index is 683. The molecule has 0 radical (unpaired) electrons. The first-order chi connectivity index (χ1) is 11.8. The molecular formula is C17H23N3O3S. The highest BCUT2D eigenvalue weighted by Crippen LogP contribution is 2.29. The molecule has 0 atom stereocenters. The Kier molecular flexibility index (Phi) is 6.01. The number of anilines is 1. The van der Waals surface area contributed by atoms with Gasteiger partial charge in [-0.3, -0.25) is 4.79 Å². The smallest absolute Gasteiger partial charge is 0.251 e. The number of fused-ring (bicyclic) bond motifs is 1. The van der Waals surface area contributed by atoms with Crippen LogP contribution in [0.15, 0.2) is 18.2 Å². The van der Waals surface area contributed by atoms with E-state index in [1.165, 1.54) is 0 Å². The Morgan fingerprint density at radius 1 is 1.42 bits per heavy atom. The van der Waals surface area contributed by atoms with Crippen molar-refractivity contribution in [3.05, 3.63) is 23.8 Å². The fourth-order valence-electron chi connectivity index (χ4n) is 2.57. The first kappa shape index (κ1) is 17.1. The van der Waals surface area contributed by atoms with E-state index in [0.717, 1.165) is 48.1 Å². The predicted octanol–water partition coefficient (Wildman–Crippen LogP) is 2.29. The molecule has 0 bridgehead atoms. The van der Waals surface area contributed by atoms with E-state index in [4.69, 9.17) is 9.47 Å². The number of hydrogen-bond donors (Lipinski definition) is 1. The average Bonchev–Trinajstić information content (AvgIpc) is 3.05. The molecule has 1 aliphatic heterocycles. The van der Waals surface area contributed by atoms with Crippen LogP contribution in [0.5, 0.6) is 0 Å². The number of thiazole rings is 1. The maximum Gasteiger partial charge on any atom is 0.251 e. The van der Waals surface area contributed by atoms with E-state index in [9.17, 15) is 4.79 Å². The first-order valence-electron chi connectivity index (χ1n) is 8.37. The maximum absolute atomic E-state index is 12.2. The van der Waals surface area contributed by atoms with Crippen molar-refractivity contribution < 1.29 is 14.3 Å². The van der Waals surface area contributed by atoms with Crippen LogP contribution in [0.2, 0.25) is 0 Å². The van der Waals surface area contributed by atoms with Gasteiger partial charge in [-0.1, -0.05) is 11.3 Å². The quantitative estimate of drug-likeness (QED) is 0.777. The molecule has 0 saturated carbocycles. The van der Waals surface area contributed by atoms with Crippen LogP contribution in [0.25, 0.3) is 10.2 Å². The van der Waals surface area contributed by atoms with Gasteiger partial charge in [-0.2, -0.15) is 0 Å². The molecule has 1 amide bonds. The Hall–Kier alpha value is -1.70. The van der Waals surface area contributed by atoms with Crippen LogP contribution in [0, 0.1) is 0 Å². The van der Waals surface area contributed by atoms with E-state index < -0.39 is 0 Å². The monoisotopic (exact) mass is 349 g/mol. The van der Waals surface area contributed by atoms with Gasteiger partial charge in [0.05, 0.1) is 23.4 Å². The number of nitrogens with zero attached hydrogens (tertiary/aromatic N) is 2. The molecule has 6 nitrogen and oxygen atoms in total. The zero-order chi connectivity index (χ0) is 16.8. The number of carbonyl (C=O) groups is 1. The summed E-state index contributed by atoms with van der Waals surface area (Å²) in [4.78, 5) is 19.1. The van der Waals surface area contributed by atoms with Gasteiger partial charge in [0.2, 0.25) is 0 Å². The molecule has 1 aromatic carbocycles. The van der Waals surface area contributed by atoms with Crippen molar-refractivity contribution in [1.29, 1.82) is 0 Å². The largest absolute Gasteiger partial charge is 0.382 e. The Labute approximate surface area is 145 Å². The van der Waals surface area contributed by atoms with Crippen molar-refractivity contribution in [3.8, 4) is 0 Å².